The number of rotatable bonds is 4. The van der Waals surface area contributed by atoms with Crippen LogP contribution in [0.25, 0.3) is 11.0 Å². The number of aryl methyl sites for hydroxylation is 1. The Morgan fingerprint density at radius 3 is 2.66 bits per heavy atom. The Hall–Kier alpha value is -3.25. The van der Waals surface area contributed by atoms with Gasteiger partial charge in [-0.05, 0) is 35.7 Å². The van der Waals surface area contributed by atoms with Crippen molar-refractivity contribution in [2.75, 3.05) is 6.54 Å². The molecule has 0 N–H and O–H groups in total. The molecule has 5 rings (SSSR count). The van der Waals surface area contributed by atoms with E-state index in [9.17, 15) is 4.79 Å². The van der Waals surface area contributed by atoms with Crippen LogP contribution in [0.15, 0.2) is 65.7 Å². The van der Waals surface area contributed by atoms with Crippen LogP contribution in [0.5, 0.6) is 0 Å². The van der Waals surface area contributed by atoms with Crippen molar-refractivity contribution in [3.05, 3.63) is 93.7 Å². The summed E-state index contributed by atoms with van der Waals surface area (Å²) in [5, 5.41) is 5.58. The monoisotopic (exact) mass is 385 g/mol. The van der Waals surface area contributed by atoms with Gasteiger partial charge in [-0.1, -0.05) is 30.3 Å². The van der Waals surface area contributed by atoms with Gasteiger partial charge in [0.05, 0.1) is 12.2 Å². The van der Waals surface area contributed by atoms with Crippen LogP contribution in [0.4, 0.5) is 0 Å². The first-order chi connectivity index (χ1) is 14.2. The molecule has 1 aliphatic rings. The molecule has 146 valence electrons. The predicted molar refractivity (Wildman–Crippen MR) is 113 cm³/mol. The summed E-state index contributed by atoms with van der Waals surface area (Å²) in [5.41, 5.74) is 5.02. The minimum atomic E-state index is 0.0702. The quantitative estimate of drug-likeness (QED) is 0.542. The molecular formula is C23H23N5O. The number of benzene rings is 1. The Balaban J connectivity index is 1.57. The van der Waals surface area contributed by atoms with E-state index in [0.29, 0.717) is 13.1 Å². The Morgan fingerprint density at radius 2 is 1.86 bits per heavy atom. The van der Waals surface area contributed by atoms with Crippen LogP contribution in [-0.4, -0.2) is 30.8 Å². The van der Waals surface area contributed by atoms with Crippen LogP contribution in [0.3, 0.4) is 0 Å². The van der Waals surface area contributed by atoms with Crippen molar-refractivity contribution in [1.29, 1.82) is 0 Å². The SMILES string of the molecule is Cn1ccc(CN2CCc3c(c(=O)n(Cc4ccccc4)c4ncccc34)C2)n1. The van der Waals surface area contributed by atoms with Gasteiger partial charge in [0.1, 0.15) is 5.65 Å². The van der Waals surface area contributed by atoms with Crippen molar-refractivity contribution < 1.29 is 0 Å². The fourth-order valence-corrected chi connectivity index (χ4v) is 4.24. The lowest BCUT2D eigenvalue weighted by molar-refractivity contribution is 0.240. The lowest BCUT2D eigenvalue weighted by Gasteiger charge is -2.29. The van der Waals surface area contributed by atoms with Gasteiger partial charge in [0.2, 0.25) is 0 Å². The van der Waals surface area contributed by atoms with Gasteiger partial charge in [0.15, 0.2) is 0 Å². The van der Waals surface area contributed by atoms with Gasteiger partial charge in [-0.3, -0.25) is 18.9 Å². The summed E-state index contributed by atoms with van der Waals surface area (Å²) in [7, 11) is 1.93. The molecular weight excluding hydrogens is 362 g/mol. The molecule has 4 aromatic rings. The van der Waals surface area contributed by atoms with Gasteiger partial charge in [0, 0.05) is 50.0 Å². The molecule has 0 atom stereocenters. The van der Waals surface area contributed by atoms with Crippen molar-refractivity contribution in [2.45, 2.75) is 26.1 Å². The van der Waals surface area contributed by atoms with E-state index in [4.69, 9.17) is 0 Å². The highest BCUT2D eigenvalue weighted by molar-refractivity contribution is 5.80. The second kappa shape index (κ2) is 7.29. The summed E-state index contributed by atoms with van der Waals surface area (Å²) < 4.78 is 3.65. The second-order valence-corrected chi connectivity index (χ2v) is 7.65. The summed E-state index contributed by atoms with van der Waals surface area (Å²) in [6.45, 7) is 2.84. The zero-order valence-corrected chi connectivity index (χ0v) is 16.5. The number of hydrogen-bond donors (Lipinski definition) is 0. The zero-order chi connectivity index (χ0) is 19.8. The number of nitrogens with zero attached hydrogens (tertiary/aromatic N) is 5. The van der Waals surface area contributed by atoms with Gasteiger partial charge >= 0.3 is 0 Å². The highest BCUT2D eigenvalue weighted by Gasteiger charge is 2.24. The van der Waals surface area contributed by atoms with Crippen molar-refractivity contribution in [3.8, 4) is 0 Å². The summed E-state index contributed by atoms with van der Waals surface area (Å²) in [4.78, 5) is 20.4. The first-order valence-corrected chi connectivity index (χ1v) is 9.93. The third kappa shape index (κ3) is 3.36. The van der Waals surface area contributed by atoms with Crippen LogP contribution in [-0.2, 0) is 33.1 Å². The summed E-state index contributed by atoms with van der Waals surface area (Å²) in [6.07, 6.45) is 4.58. The molecule has 0 aliphatic carbocycles. The Morgan fingerprint density at radius 1 is 1.00 bits per heavy atom. The van der Waals surface area contributed by atoms with Crippen molar-refractivity contribution >= 4 is 11.0 Å². The van der Waals surface area contributed by atoms with Crippen LogP contribution in [0, 0.1) is 0 Å². The second-order valence-electron chi connectivity index (χ2n) is 7.65. The van der Waals surface area contributed by atoms with Crippen LogP contribution in [0.2, 0.25) is 0 Å². The van der Waals surface area contributed by atoms with Crippen LogP contribution >= 0.6 is 0 Å². The van der Waals surface area contributed by atoms with E-state index in [0.717, 1.165) is 52.9 Å². The maximum absolute atomic E-state index is 13.5. The minimum absolute atomic E-state index is 0.0702. The predicted octanol–water partition coefficient (Wildman–Crippen LogP) is 2.74. The summed E-state index contributed by atoms with van der Waals surface area (Å²) >= 11 is 0. The highest BCUT2D eigenvalue weighted by atomic mass is 16.1. The number of pyridine rings is 2. The maximum atomic E-state index is 13.5. The molecule has 0 unspecified atom stereocenters. The third-order valence-corrected chi connectivity index (χ3v) is 5.63. The zero-order valence-electron chi connectivity index (χ0n) is 16.5. The molecule has 3 aromatic heterocycles. The van der Waals surface area contributed by atoms with E-state index in [2.05, 4.69) is 21.0 Å². The standard InChI is InChI=1S/C23H23N5O/c1-26-12-9-18(25-26)15-27-13-10-19-20-8-5-11-24-22(20)28(23(29)21(19)16-27)14-17-6-3-2-4-7-17/h2-9,11-12H,10,13-16H2,1H3. The van der Waals surface area contributed by atoms with E-state index in [1.165, 1.54) is 0 Å². The number of aromatic nitrogens is 4. The average molecular weight is 385 g/mol. The van der Waals surface area contributed by atoms with Crippen molar-refractivity contribution in [1.82, 2.24) is 24.2 Å². The molecule has 0 saturated carbocycles. The fourth-order valence-electron chi connectivity index (χ4n) is 4.24. The highest BCUT2D eigenvalue weighted by Crippen LogP contribution is 2.25. The molecule has 0 bridgehead atoms. The molecule has 1 aromatic carbocycles. The molecule has 6 heteroatoms. The van der Waals surface area contributed by atoms with Gasteiger partial charge < -0.3 is 0 Å². The smallest absolute Gasteiger partial charge is 0.257 e. The van der Waals surface area contributed by atoms with E-state index in [1.807, 2.05) is 65.0 Å². The molecule has 0 radical (unpaired) electrons. The molecule has 4 heterocycles. The minimum Gasteiger partial charge on any atom is -0.293 e. The molecule has 29 heavy (non-hydrogen) atoms. The normalized spacial score (nSPS) is 14.2. The third-order valence-electron chi connectivity index (χ3n) is 5.63. The topological polar surface area (TPSA) is 56.0 Å². The van der Waals surface area contributed by atoms with Gasteiger partial charge in [0.25, 0.3) is 5.56 Å². The fraction of sp³-hybridized carbons (Fsp3) is 0.261. The first kappa shape index (κ1) is 17.8. The summed E-state index contributed by atoms with van der Waals surface area (Å²) in [5.74, 6) is 0. The van der Waals surface area contributed by atoms with E-state index < -0.39 is 0 Å². The van der Waals surface area contributed by atoms with E-state index in [1.54, 1.807) is 6.20 Å². The lowest BCUT2D eigenvalue weighted by Crippen LogP contribution is -2.37. The summed E-state index contributed by atoms with van der Waals surface area (Å²) in [6, 6.07) is 16.2. The average Bonchev–Trinajstić information content (AvgIpc) is 3.16. The Labute approximate surface area is 169 Å². The van der Waals surface area contributed by atoms with Crippen molar-refractivity contribution in [3.63, 3.8) is 0 Å². The number of hydrogen-bond acceptors (Lipinski definition) is 4. The van der Waals surface area contributed by atoms with E-state index >= 15 is 0 Å². The molecule has 1 aliphatic heterocycles. The molecule has 0 saturated heterocycles. The van der Waals surface area contributed by atoms with Gasteiger partial charge in [-0.25, -0.2) is 4.98 Å². The van der Waals surface area contributed by atoms with Gasteiger partial charge in [-0.2, -0.15) is 5.10 Å². The molecule has 0 amide bonds. The van der Waals surface area contributed by atoms with Gasteiger partial charge in [-0.15, -0.1) is 0 Å². The van der Waals surface area contributed by atoms with Crippen molar-refractivity contribution in [2.24, 2.45) is 7.05 Å². The first-order valence-electron chi connectivity index (χ1n) is 9.93. The van der Waals surface area contributed by atoms with E-state index in [-0.39, 0.29) is 5.56 Å². The maximum Gasteiger partial charge on any atom is 0.257 e. The lowest BCUT2D eigenvalue weighted by atomic mass is 9.97. The molecule has 0 spiro atoms. The Bertz CT molecular complexity index is 1230. The molecule has 0 fully saturated rings. The Kier molecular flexibility index (Phi) is 4.48. The number of fused-ring (bicyclic) bond motifs is 3. The molecule has 6 nitrogen and oxygen atoms in total. The van der Waals surface area contributed by atoms with Crippen LogP contribution in [0.1, 0.15) is 22.4 Å². The largest absolute Gasteiger partial charge is 0.293 e. The van der Waals surface area contributed by atoms with Crippen LogP contribution < -0.4 is 5.56 Å².